The molecule has 6 nitrogen and oxygen atoms in total. The molecule has 2 aromatic rings. The summed E-state index contributed by atoms with van der Waals surface area (Å²) in [4.78, 5) is 11.3. The van der Waals surface area contributed by atoms with E-state index in [1.165, 1.54) is 4.68 Å². The van der Waals surface area contributed by atoms with E-state index in [1.807, 2.05) is 13.0 Å². The molecule has 2 heterocycles. The number of aryl methyl sites for hydroxylation is 2. The summed E-state index contributed by atoms with van der Waals surface area (Å²) >= 11 is 0. The zero-order valence-corrected chi connectivity index (χ0v) is 9.01. The highest BCUT2D eigenvalue weighted by Crippen LogP contribution is 2.20. The van der Waals surface area contributed by atoms with E-state index in [4.69, 9.17) is 5.73 Å². The topological polar surface area (TPSA) is 86.7 Å². The minimum Gasteiger partial charge on any atom is -0.364 e. The molecule has 0 saturated carbocycles. The van der Waals surface area contributed by atoms with Gasteiger partial charge < -0.3 is 5.73 Å². The van der Waals surface area contributed by atoms with Crippen LogP contribution in [-0.4, -0.2) is 25.9 Å². The molecule has 1 amide bonds. The largest absolute Gasteiger partial charge is 0.364 e. The highest BCUT2D eigenvalue weighted by Gasteiger charge is 2.16. The predicted octanol–water partition coefficient (Wildman–Crippen LogP) is 0.284. The first-order valence-electron chi connectivity index (χ1n) is 4.71. The molecule has 0 unspecified atom stereocenters. The first kappa shape index (κ1) is 10.3. The molecular weight excluding hydrogens is 206 g/mol. The molecule has 0 aromatic carbocycles. The normalized spacial score (nSPS) is 10.4. The molecule has 0 spiro atoms. The first-order chi connectivity index (χ1) is 7.59. The van der Waals surface area contributed by atoms with E-state index in [2.05, 4.69) is 15.3 Å². The van der Waals surface area contributed by atoms with E-state index < -0.39 is 5.91 Å². The van der Waals surface area contributed by atoms with Gasteiger partial charge in [-0.25, -0.2) is 0 Å². The van der Waals surface area contributed by atoms with Crippen LogP contribution < -0.4 is 5.73 Å². The molecule has 0 atom stereocenters. The predicted molar refractivity (Wildman–Crippen MR) is 57.5 cm³/mol. The van der Waals surface area contributed by atoms with Crippen molar-refractivity contribution in [3.8, 4) is 11.3 Å². The number of hydrogen-bond acceptors (Lipinski definition) is 4. The Balaban J connectivity index is 2.60. The van der Waals surface area contributed by atoms with Crippen molar-refractivity contribution in [3.63, 3.8) is 0 Å². The molecule has 0 aliphatic carbocycles. The van der Waals surface area contributed by atoms with Gasteiger partial charge in [-0.2, -0.15) is 15.3 Å². The summed E-state index contributed by atoms with van der Waals surface area (Å²) in [6.45, 7) is 1.90. The second-order valence-corrected chi connectivity index (χ2v) is 3.51. The Morgan fingerprint density at radius 3 is 2.81 bits per heavy atom. The van der Waals surface area contributed by atoms with E-state index in [-0.39, 0.29) is 0 Å². The van der Waals surface area contributed by atoms with Crippen LogP contribution >= 0.6 is 0 Å². The Labute approximate surface area is 92.1 Å². The number of nitrogens with two attached hydrogens (primary N) is 1. The van der Waals surface area contributed by atoms with Crippen LogP contribution in [0.15, 0.2) is 18.5 Å². The lowest BCUT2D eigenvalue weighted by atomic mass is 10.1. The summed E-state index contributed by atoms with van der Waals surface area (Å²) in [6.07, 6.45) is 3.20. The number of carbonyl (C=O) groups is 1. The highest BCUT2D eigenvalue weighted by atomic mass is 16.1. The van der Waals surface area contributed by atoms with Crippen LogP contribution in [0.1, 0.15) is 16.1 Å². The molecule has 16 heavy (non-hydrogen) atoms. The van der Waals surface area contributed by atoms with E-state index in [1.54, 1.807) is 19.4 Å². The molecule has 0 fully saturated rings. The summed E-state index contributed by atoms with van der Waals surface area (Å²) < 4.78 is 1.43. The van der Waals surface area contributed by atoms with Crippen molar-refractivity contribution in [2.24, 2.45) is 12.8 Å². The maximum atomic E-state index is 11.3. The maximum absolute atomic E-state index is 11.3. The summed E-state index contributed by atoms with van der Waals surface area (Å²) in [5.41, 5.74) is 7.78. The molecule has 0 aliphatic rings. The van der Waals surface area contributed by atoms with Crippen LogP contribution in [0.3, 0.4) is 0 Å². The fraction of sp³-hybridized carbons (Fsp3) is 0.200. The van der Waals surface area contributed by atoms with E-state index in [0.29, 0.717) is 17.0 Å². The molecule has 6 heteroatoms. The Hall–Kier alpha value is -2.24. The van der Waals surface area contributed by atoms with E-state index in [9.17, 15) is 4.79 Å². The van der Waals surface area contributed by atoms with E-state index in [0.717, 1.165) is 5.56 Å². The van der Waals surface area contributed by atoms with Gasteiger partial charge in [0.25, 0.3) is 5.91 Å². The number of primary amides is 1. The summed E-state index contributed by atoms with van der Waals surface area (Å²) in [5, 5.41) is 11.8. The third-order valence-electron chi connectivity index (χ3n) is 2.24. The number of nitrogens with zero attached hydrogens (tertiary/aromatic N) is 4. The quantitative estimate of drug-likeness (QED) is 0.782. The Kier molecular flexibility index (Phi) is 2.40. The van der Waals surface area contributed by atoms with Crippen molar-refractivity contribution in [2.45, 2.75) is 6.92 Å². The molecule has 0 aliphatic heterocycles. The fourth-order valence-corrected chi connectivity index (χ4v) is 1.51. The van der Waals surface area contributed by atoms with Crippen LogP contribution in [0.2, 0.25) is 0 Å². The van der Waals surface area contributed by atoms with Gasteiger partial charge in [0.2, 0.25) is 0 Å². The lowest BCUT2D eigenvalue weighted by Gasteiger charge is -2.01. The molecule has 2 N–H and O–H groups in total. The van der Waals surface area contributed by atoms with Crippen molar-refractivity contribution < 1.29 is 4.79 Å². The van der Waals surface area contributed by atoms with Crippen molar-refractivity contribution in [2.75, 3.05) is 0 Å². The van der Waals surface area contributed by atoms with Gasteiger partial charge in [0, 0.05) is 7.05 Å². The minimum atomic E-state index is -0.529. The Morgan fingerprint density at radius 2 is 2.19 bits per heavy atom. The Morgan fingerprint density at radius 1 is 1.44 bits per heavy atom. The highest BCUT2D eigenvalue weighted by molar-refractivity contribution is 5.97. The minimum absolute atomic E-state index is 0.333. The van der Waals surface area contributed by atoms with Gasteiger partial charge in [0.1, 0.15) is 5.69 Å². The third kappa shape index (κ3) is 1.65. The van der Waals surface area contributed by atoms with Gasteiger partial charge in [-0.05, 0) is 18.6 Å². The molecule has 0 saturated heterocycles. The summed E-state index contributed by atoms with van der Waals surface area (Å²) in [7, 11) is 1.66. The lowest BCUT2D eigenvalue weighted by molar-refractivity contribution is 0.0992. The molecule has 0 radical (unpaired) electrons. The van der Waals surface area contributed by atoms with Crippen molar-refractivity contribution >= 4 is 5.91 Å². The second-order valence-electron chi connectivity index (χ2n) is 3.51. The van der Waals surface area contributed by atoms with E-state index >= 15 is 0 Å². The van der Waals surface area contributed by atoms with Crippen molar-refractivity contribution in [3.05, 3.63) is 29.7 Å². The van der Waals surface area contributed by atoms with Gasteiger partial charge >= 0.3 is 0 Å². The summed E-state index contributed by atoms with van der Waals surface area (Å²) in [5.74, 6) is -0.529. The molecular formula is C10H11N5O. The van der Waals surface area contributed by atoms with Crippen LogP contribution in [-0.2, 0) is 7.05 Å². The maximum Gasteiger partial charge on any atom is 0.267 e. The molecule has 2 rings (SSSR count). The van der Waals surface area contributed by atoms with Crippen molar-refractivity contribution in [1.82, 2.24) is 20.0 Å². The smallest absolute Gasteiger partial charge is 0.267 e. The second kappa shape index (κ2) is 3.73. The lowest BCUT2D eigenvalue weighted by Crippen LogP contribution is -2.17. The number of rotatable bonds is 2. The van der Waals surface area contributed by atoms with Gasteiger partial charge in [-0.15, -0.1) is 0 Å². The number of hydrogen-bond donors (Lipinski definition) is 1. The zero-order valence-electron chi connectivity index (χ0n) is 9.01. The average Bonchev–Trinajstić information content (AvgIpc) is 2.60. The van der Waals surface area contributed by atoms with Gasteiger partial charge in [-0.1, -0.05) is 0 Å². The van der Waals surface area contributed by atoms with Gasteiger partial charge in [-0.3, -0.25) is 9.48 Å². The SMILES string of the molecule is Cc1cnnc(-c2cnn(C)c2C(N)=O)c1. The zero-order chi connectivity index (χ0) is 11.7. The monoisotopic (exact) mass is 217 g/mol. The van der Waals surface area contributed by atoms with Crippen LogP contribution in [0.25, 0.3) is 11.3 Å². The average molecular weight is 217 g/mol. The van der Waals surface area contributed by atoms with Crippen LogP contribution in [0, 0.1) is 6.92 Å². The molecule has 2 aromatic heterocycles. The molecule has 82 valence electrons. The standard InChI is InChI=1S/C10H11N5O/c1-6-3-8(14-12-4-6)7-5-13-15(2)9(7)10(11)16/h3-5H,1-2H3,(H2,11,16). The van der Waals surface area contributed by atoms with Crippen LogP contribution in [0.5, 0.6) is 0 Å². The number of aromatic nitrogens is 4. The summed E-state index contributed by atoms with van der Waals surface area (Å²) in [6, 6.07) is 1.83. The fourth-order valence-electron chi connectivity index (χ4n) is 1.51. The van der Waals surface area contributed by atoms with Crippen LogP contribution in [0.4, 0.5) is 0 Å². The number of amides is 1. The Bertz CT molecular complexity index is 546. The molecule has 0 bridgehead atoms. The first-order valence-corrected chi connectivity index (χ1v) is 4.71. The third-order valence-corrected chi connectivity index (χ3v) is 2.24. The van der Waals surface area contributed by atoms with Gasteiger partial charge in [0.05, 0.1) is 23.7 Å². The number of carbonyl (C=O) groups excluding carboxylic acids is 1. The van der Waals surface area contributed by atoms with Gasteiger partial charge in [0.15, 0.2) is 0 Å². The van der Waals surface area contributed by atoms with Crippen molar-refractivity contribution in [1.29, 1.82) is 0 Å².